The minimum atomic E-state index is -0.827. The molecule has 6 nitrogen and oxygen atoms in total. The molecule has 1 aromatic rings. The third-order valence-electron chi connectivity index (χ3n) is 4.88. The summed E-state index contributed by atoms with van der Waals surface area (Å²) in [6.45, 7) is 4.02. The molecule has 2 N–H and O–H groups in total. The van der Waals surface area contributed by atoms with E-state index < -0.39 is 11.9 Å². The fourth-order valence-corrected chi connectivity index (χ4v) is 3.08. The molecule has 2 fully saturated rings. The van der Waals surface area contributed by atoms with Gasteiger partial charge < -0.3 is 20.1 Å². The Bertz CT molecular complexity index is 642. The normalized spacial score (nSPS) is 20.2. The van der Waals surface area contributed by atoms with Gasteiger partial charge in [-0.2, -0.15) is 0 Å². The van der Waals surface area contributed by atoms with Gasteiger partial charge in [-0.1, -0.05) is 12.1 Å². The largest absolute Gasteiger partial charge is 0.493 e. The van der Waals surface area contributed by atoms with Crippen molar-refractivity contribution < 1.29 is 19.4 Å². The highest BCUT2D eigenvalue weighted by Crippen LogP contribution is 2.30. The minimum absolute atomic E-state index is 0.209. The Morgan fingerprint density at radius 3 is 2.84 bits per heavy atom. The lowest BCUT2D eigenvalue weighted by atomic mass is 9.99. The molecule has 3 rings (SSSR count). The van der Waals surface area contributed by atoms with Crippen LogP contribution < -0.4 is 10.1 Å². The number of carbonyl (C=O) groups is 2. The molecule has 1 heterocycles. The van der Waals surface area contributed by atoms with E-state index in [1.807, 2.05) is 25.1 Å². The molecule has 1 aromatic carbocycles. The zero-order chi connectivity index (χ0) is 17.8. The Morgan fingerprint density at radius 2 is 2.12 bits per heavy atom. The number of rotatable bonds is 6. The van der Waals surface area contributed by atoms with E-state index >= 15 is 0 Å². The number of benzene rings is 1. The smallest absolute Gasteiger partial charge is 0.317 e. The van der Waals surface area contributed by atoms with Crippen molar-refractivity contribution in [2.45, 2.75) is 39.2 Å². The van der Waals surface area contributed by atoms with E-state index in [2.05, 4.69) is 5.32 Å². The van der Waals surface area contributed by atoms with Gasteiger partial charge in [0.1, 0.15) is 5.75 Å². The second kappa shape index (κ2) is 7.76. The number of aryl methyl sites for hydroxylation is 1. The van der Waals surface area contributed by atoms with Gasteiger partial charge in [0, 0.05) is 25.2 Å². The lowest BCUT2D eigenvalue weighted by molar-refractivity contribution is -0.143. The van der Waals surface area contributed by atoms with Crippen LogP contribution in [0.4, 0.5) is 4.79 Å². The lowest BCUT2D eigenvalue weighted by Gasteiger charge is -2.30. The first-order valence-corrected chi connectivity index (χ1v) is 9.01. The van der Waals surface area contributed by atoms with E-state index in [0.717, 1.165) is 29.9 Å². The van der Waals surface area contributed by atoms with Gasteiger partial charge >= 0.3 is 12.0 Å². The highest BCUT2D eigenvalue weighted by atomic mass is 16.5. The Balaban J connectivity index is 1.56. The molecule has 1 atom stereocenters. The van der Waals surface area contributed by atoms with Crippen LogP contribution in [0.25, 0.3) is 0 Å². The molecule has 1 aliphatic carbocycles. The van der Waals surface area contributed by atoms with Crippen LogP contribution in [0.1, 0.15) is 36.8 Å². The van der Waals surface area contributed by atoms with E-state index in [4.69, 9.17) is 9.84 Å². The van der Waals surface area contributed by atoms with Crippen molar-refractivity contribution in [3.05, 3.63) is 29.3 Å². The Labute approximate surface area is 148 Å². The summed E-state index contributed by atoms with van der Waals surface area (Å²) in [4.78, 5) is 25.1. The predicted molar refractivity (Wildman–Crippen MR) is 93.6 cm³/mol. The van der Waals surface area contributed by atoms with E-state index in [1.54, 1.807) is 4.90 Å². The number of piperidine rings is 1. The van der Waals surface area contributed by atoms with Gasteiger partial charge in [0.15, 0.2) is 0 Å². The third-order valence-corrected chi connectivity index (χ3v) is 4.88. The molecule has 2 amide bonds. The van der Waals surface area contributed by atoms with Crippen molar-refractivity contribution >= 4 is 12.0 Å². The number of amides is 2. The number of urea groups is 1. The molecule has 1 aliphatic heterocycles. The molecular formula is C19H26N2O4. The van der Waals surface area contributed by atoms with Crippen molar-refractivity contribution in [1.29, 1.82) is 0 Å². The fourth-order valence-electron chi connectivity index (χ4n) is 3.08. The van der Waals surface area contributed by atoms with Crippen molar-refractivity contribution in [2.24, 2.45) is 11.8 Å². The molecule has 1 unspecified atom stereocenters. The summed E-state index contributed by atoms with van der Waals surface area (Å²) in [5.74, 6) is 0.210. The molecule has 136 valence electrons. The molecule has 6 heteroatoms. The first kappa shape index (κ1) is 17.6. The number of carboxylic acid groups (broad SMARTS) is 1. The van der Waals surface area contributed by atoms with Gasteiger partial charge in [-0.3, -0.25) is 4.79 Å². The van der Waals surface area contributed by atoms with Gasteiger partial charge in [-0.15, -0.1) is 0 Å². The highest BCUT2D eigenvalue weighted by Gasteiger charge is 2.28. The van der Waals surface area contributed by atoms with Gasteiger partial charge in [0.2, 0.25) is 0 Å². The zero-order valence-corrected chi connectivity index (χ0v) is 14.7. The van der Waals surface area contributed by atoms with Crippen molar-refractivity contribution in [3.63, 3.8) is 0 Å². The van der Waals surface area contributed by atoms with E-state index in [9.17, 15) is 9.59 Å². The van der Waals surface area contributed by atoms with Gasteiger partial charge in [-0.05, 0) is 50.2 Å². The predicted octanol–water partition coefficient (Wildman–Crippen LogP) is 2.79. The number of hydrogen-bond donors (Lipinski definition) is 2. The summed E-state index contributed by atoms with van der Waals surface area (Å²) in [7, 11) is 0. The first-order valence-electron chi connectivity index (χ1n) is 9.01. The molecule has 1 saturated heterocycles. The number of ether oxygens (including phenoxy) is 1. The maximum absolute atomic E-state index is 12.4. The number of carbonyl (C=O) groups excluding carboxylic acids is 1. The lowest BCUT2D eigenvalue weighted by Crippen LogP contribution is -2.46. The zero-order valence-electron chi connectivity index (χ0n) is 14.7. The molecule has 0 radical (unpaired) electrons. The monoisotopic (exact) mass is 346 g/mol. The van der Waals surface area contributed by atoms with Crippen molar-refractivity contribution in [1.82, 2.24) is 10.2 Å². The minimum Gasteiger partial charge on any atom is -0.493 e. The summed E-state index contributed by atoms with van der Waals surface area (Å²) in [6.07, 6.45) is 3.83. The Morgan fingerprint density at radius 1 is 1.32 bits per heavy atom. The third kappa shape index (κ3) is 4.87. The summed E-state index contributed by atoms with van der Waals surface area (Å²) >= 11 is 0. The maximum atomic E-state index is 12.4. The summed E-state index contributed by atoms with van der Waals surface area (Å²) in [5.41, 5.74) is 2.08. The quantitative estimate of drug-likeness (QED) is 0.830. The number of nitrogens with one attached hydrogen (secondary N) is 1. The van der Waals surface area contributed by atoms with E-state index in [-0.39, 0.29) is 12.6 Å². The van der Waals surface area contributed by atoms with Crippen LogP contribution in [-0.2, 0) is 11.3 Å². The highest BCUT2D eigenvalue weighted by molar-refractivity contribution is 5.76. The van der Waals surface area contributed by atoms with Crippen molar-refractivity contribution in [3.8, 4) is 5.75 Å². The van der Waals surface area contributed by atoms with Gasteiger partial charge in [0.25, 0.3) is 0 Å². The van der Waals surface area contributed by atoms with Crippen LogP contribution >= 0.6 is 0 Å². The molecule has 0 aromatic heterocycles. The number of nitrogens with zero attached hydrogens (tertiary/aromatic N) is 1. The number of likely N-dealkylation sites (tertiary alicyclic amines) is 1. The summed E-state index contributed by atoms with van der Waals surface area (Å²) in [5, 5.41) is 12.0. The number of aliphatic carboxylic acids is 1. The molecule has 0 spiro atoms. The van der Waals surface area contributed by atoms with Crippen LogP contribution in [0.3, 0.4) is 0 Å². The maximum Gasteiger partial charge on any atom is 0.317 e. The van der Waals surface area contributed by atoms with Crippen molar-refractivity contribution in [2.75, 3.05) is 19.7 Å². The Kier molecular flexibility index (Phi) is 5.46. The number of carboxylic acids is 1. The van der Waals surface area contributed by atoms with E-state index in [0.29, 0.717) is 25.4 Å². The molecule has 1 saturated carbocycles. The van der Waals surface area contributed by atoms with Crippen LogP contribution in [0.2, 0.25) is 0 Å². The molecular weight excluding hydrogens is 320 g/mol. The molecule has 25 heavy (non-hydrogen) atoms. The standard InChI is InChI=1S/C19H26N2O4/c1-13-4-7-15(17(9-13)25-12-14-5-6-14)10-20-19(24)21-8-2-3-16(11-21)18(22)23/h4,7,9,14,16H,2-3,5-6,8,10-12H2,1H3,(H,20,24)(H,22,23). The van der Waals surface area contributed by atoms with E-state index in [1.165, 1.54) is 12.8 Å². The second-order valence-electron chi connectivity index (χ2n) is 7.15. The van der Waals surface area contributed by atoms with Crippen LogP contribution in [-0.4, -0.2) is 41.7 Å². The SMILES string of the molecule is Cc1ccc(CNC(=O)N2CCCC(C(=O)O)C2)c(OCC2CC2)c1. The molecule has 0 bridgehead atoms. The Hall–Kier alpha value is -2.24. The average molecular weight is 346 g/mol. The summed E-state index contributed by atoms with van der Waals surface area (Å²) < 4.78 is 5.93. The molecule has 2 aliphatic rings. The van der Waals surface area contributed by atoms with Gasteiger partial charge in [0.05, 0.1) is 12.5 Å². The van der Waals surface area contributed by atoms with Crippen LogP contribution in [0.15, 0.2) is 18.2 Å². The fraction of sp³-hybridized carbons (Fsp3) is 0.579. The van der Waals surface area contributed by atoms with Crippen LogP contribution in [0.5, 0.6) is 5.75 Å². The first-order chi connectivity index (χ1) is 12.0. The average Bonchev–Trinajstić information content (AvgIpc) is 3.43. The van der Waals surface area contributed by atoms with Gasteiger partial charge in [-0.25, -0.2) is 4.79 Å². The number of hydrogen-bond acceptors (Lipinski definition) is 3. The summed E-state index contributed by atoms with van der Waals surface area (Å²) in [6, 6.07) is 5.78. The second-order valence-corrected chi connectivity index (χ2v) is 7.15. The topological polar surface area (TPSA) is 78.9 Å². The van der Waals surface area contributed by atoms with Crippen LogP contribution in [0, 0.1) is 18.8 Å².